The van der Waals surface area contributed by atoms with Crippen molar-refractivity contribution in [1.29, 1.82) is 0 Å². The molecule has 2 heteroatoms. The number of carbonyl (C=O) groups is 1. The van der Waals surface area contributed by atoms with Crippen molar-refractivity contribution in [3.8, 4) is 0 Å². The Morgan fingerprint density at radius 1 is 1.07 bits per heavy atom. The van der Waals surface area contributed by atoms with Gasteiger partial charge in [-0.2, -0.15) is 0 Å². The Morgan fingerprint density at radius 2 is 1.79 bits per heavy atom. The maximum Gasteiger partial charge on any atom is 0.149 e. The standard InChI is InChI=1S/C12H21NO/c14-12(9-13-8-10-6-7-10)11-4-2-1-3-5-11/h10-11,13H,1-9H2. The number of hydrogen-bond acceptors (Lipinski definition) is 2. The Morgan fingerprint density at radius 3 is 2.43 bits per heavy atom. The first-order chi connectivity index (χ1) is 6.86. The lowest BCUT2D eigenvalue weighted by atomic mass is 9.86. The highest BCUT2D eigenvalue weighted by Crippen LogP contribution is 2.27. The monoisotopic (exact) mass is 195 g/mol. The van der Waals surface area contributed by atoms with E-state index in [1.807, 2.05) is 0 Å². The fraction of sp³-hybridized carbons (Fsp3) is 0.917. The number of rotatable bonds is 5. The molecule has 0 bridgehead atoms. The summed E-state index contributed by atoms with van der Waals surface area (Å²) in [5.41, 5.74) is 0. The quantitative estimate of drug-likeness (QED) is 0.728. The number of Topliss-reactive ketones (excluding diaryl/α,β-unsaturated/α-hetero) is 1. The highest BCUT2D eigenvalue weighted by molar-refractivity contribution is 5.83. The lowest BCUT2D eigenvalue weighted by molar-refractivity contribution is -0.122. The van der Waals surface area contributed by atoms with E-state index in [4.69, 9.17) is 0 Å². The SMILES string of the molecule is O=C(CNCC1CC1)C1CCCCC1. The van der Waals surface area contributed by atoms with E-state index in [9.17, 15) is 4.79 Å². The molecular formula is C12H21NO. The summed E-state index contributed by atoms with van der Waals surface area (Å²) in [4.78, 5) is 11.7. The molecule has 2 aliphatic rings. The third-order valence-electron chi connectivity index (χ3n) is 3.49. The molecule has 80 valence electrons. The van der Waals surface area contributed by atoms with Crippen LogP contribution in [0.4, 0.5) is 0 Å². The minimum absolute atomic E-state index is 0.385. The van der Waals surface area contributed by atoms with Crippen LogP contribution in [0.3, 0.4) is 0 Å². The molecule has 0 aromatic rings. The van der Waals surface area contributed by atoms with Gasteiger partial charge < -0.3 is 5.32 Å². The predicted octanol–water partition coefficient (Wildman–Crippen LogP) is 2.14. The number of nitrogens with one attached hydrogen (secondary N) is 1. The van der Waals surface area contributed by atoms with E-state index >= 15 is 0 Å². The minimum Gasteiger partial charge on any atom is -0.310 e. The van der Waals surface area contributed by atoms with Crippen LogP contribution in [0.25, 0.3) is 0 Å². The zero-order valence-electron chi connectivity index (χ0n) is 8.93. The molecule has 0 heterocycles. The minimum atomic E-state index is 0.385. The van der Waals surface area contributed by atoms with Gasteiger partial charge in [0.05, 0.1) is 6.54 Å². The Kier molecular flexibility index (Phi) is 3.57. The van der Waals surface area contributed by atoms with Crippen molar-refractivity contribution < 1.29 is 4.79 Å². The average molecular weight is 195 g/mol. The molecule has 2 fully saturated rings. The van der Waals surface area contributed by atoms with Crippen LogP contribution in [0, 0.1) is 11.8 Å². The summed E-state index contributed by atoms with van der Waals surface area (Å²) in [5.74, 6) is 1.73. The van der Waals surface area contributed by atoms with E-state index in [0.717, 1.165) is 25.3 Å². The van der Waals surface area contributed by atoms with Crippen LogP contribution in [0.2, 0.25) is 0 Å². The van der Waals surface area contributed by atoms with Crippen LogP contribution in [0.1, 0.15) is 44.9 Å². The van der Waals surface area contributed by atoms with Crippen molar-refractivity contribution in [2.45, 2.75) is 44.9 Å². The first-order valence-electron chi connectivity index (χ1n) is 6.09. The van der Waals surface area contributed by atoms with Gasteiger partial charge in [-0.25, -0.2) is 0 Å². The molecule has 0 amide bonds. The molecule has 0 spiro atoms. The first-order valence-corrected chi connectivity index (χ1v) is 6.09. The lowest BCUT2D eigenvalue weighted by Gasteiger charge is -2.20. The summed E-state index contributed by atoms with van der Waals surface area (Å²) in [6, 6.07) is 0. The summed E-state index contributed by atoms with van der Waals surface area (Å²) in [7, 11) is 0. The van der Waals surface area contributed by atoms with Crippen LogP contribution >= 0.6 is 0 Å². The maximum absolute atomic E-state index is 11.7. The second-order valence-corrected chi connectivity index (χ2v) is 4.88. The Labute approximate surface area is 86.5 Å². The van der Waals surface area contributed by atoms with Gasteiger partial charge in [0.2, 0.25) is 0 Å². The van der Waals surface area contributed by atoms with E-state index < -0.39 is 0 Å². The van der Waals surface area contributed by atoms with Gasteiger partial charge in [-0.05, 0) is 38.1 Å². The highest BCUT2D eigenvalue weighted by atomic mass is 16.1. The number of carbonyl (C=O) groups excluding carboxylic acids is 1. The molecule has 2 aliphatic carbocycles. The van der Waals surface area contributed by atoms with E-state index in [0.29, 0.717) is 18.2 Å². The molecular weight excluding hydrogens is 174 g/mol. The Hall–Kier alpha value is -0.370. The maximum atomic E-state index is 11.7. The third kappa shape index (κ3) is 3.09. The van der Waals surface area contributed by atoms with Gasteiger partial charge in [0.15, 0.2) is 0 Å². The molecule has 0 unspecified atom stereocenters. The first kappa shape index (κ1) is 10.2. The second-order valence-electron chi connectivity index (χ2n) is 4.88. The number of hydrogen-bond donors (Lipinski definition) is 1. The third-order valence-corrected chi connectivity index (χ3v) is 3.49. The van der Waals surface area contributed by atoms with E-state index in [1.165, 1.54) is 32.1 Å². The van der Waals surface area contributed by atoms with Crippen LogP contribution in [-0.4, -0.2) is 18.9 Å². The summed E-state index contributed by atoms with van der Waals surface area (Å²) >= 11 is 0. The van der Waals surface area contributed by atoms with Crippen LogP contribution in [0.5, 0.6) is 0 Å². The summed E-state index contributed by atoms with van der Waals surface area (Å²) in [6.07, 6.45) is 8.88. The summed E-state index contributed by atoms with van der Waals surface area (Å²) < 4.78 is 0. The van der Waals surface area contributed by atoms with Crippen LogP contribution in [0.15, 0.2) is 0 Å². The molecule has 2 saturated carbocycles. The molecule has 0 aromatic carbocycles. The zero-order chi connectivity index (χ0) is 9.80. The van der Waals surface area contributed by atoms with Crippen LogP contribution in [-0.2, 0) is 4.79 Å². The topological polar surface area (TPSA) is 29.1 Å². The van der Waals surface area contributed by atoms with Gasteiger partial charge in [-0.3, -0.25) is 4.79 Å². The van der Waals surface area contributed by atoms with E-state index in [1.54, 1.807) is 0 Å². The van der Waals surface area contributed by atoms with Gasteiger partial charge in [0.1, 0.15) is 5.78 Å². The average Bonchev–Trinajstić information content (AvgIpc) is 3.03. The molecule has 0 saturated heterocycles. The highest BCUT2D eigenvalue weighted by Gasteiger charge is 2.23. The van der Waals surface area contributed by atoms with Crippen molar-refractivity contribution in [3.05, 3.63) is 0 Å². The lowest BCUT2D eigenvalue weighted by Crippen LogP contribution is -2.30. The molecule has 1 N–H and O–H groups in total. The molecule has 2 nitrogen and oxygen atoms in total. The Balaban J connectivity index is 1.60. The van der Waals surface area contributed by atoms with E-state index in [2.05, 4.69) is 5.32 Å². The Bertz CT molecular complexity index is 192. The van der Waals surface area contributed by atoms with Crippen molar-refractivity contribution >= 4 is 5.78 Å². The zero-order valence-corrected chi connectivity index (χ0v) is 8.93. The van der Waals surface area contributed by atoms with Crippen molar-refractivity contribution in [2.75, 3.05) is 13.1 Å². The van der Waals surface area contributed by atoms with Crippen molar-refractivity contribution in [2.24, 2.45) is 11.8 Å². The van der Waals surface area contributed by atoms with Gasteiger partial charge in [0, 0.05) is 5.92 Å². The van der Waals surface area contributed by atoms with Gasteiger partial charge >= 0.3 is 0 Å². The fourth-order valence-corrected chi connectivity index (χ4v) is 2.29. The second kappa shape index (κ2) is 4.92. The number of ketones is 1. The van der Waals surface area contributed by atoms with Gasteiger partial charge in [0.25, 0.3) is 0 Å². The molecule has 0 aliphatic heterocycles. The van der Waals surface area contributed by atoms with Crippen LogP contribution < -0.4 is 5.32 Å². The largest absolute Gasteiger partial charge is 0.310 e. The van der Waals surface area contributed by atoms with Crippen molar-refractivity contribution in [1.82, 2.24) is 5.32 Å². The molecule has 14 heavy (non-hydrogen) atoms. The van der Waals surface area contributed by atoms with Crippen molar-refractivity contribution in [3.63, 3.8) is 0 Å². The summed E-state index contributed by atoms with van der Waals surface area (Å²) in [6.45, 7) is 1.69. The molecule has 0 radical (unpaired) electrons. The fourth-order valence-electron chi connectivity index (χ4n) is 2.29. The summed E-state index contributed by atoms with van der Waals surface area (Å²) in [5, 5.41) is 3.29. The molecule has 0 atom stereocenters. The molecule has 2 rings (SSSR count). The normalized spacial score (nSPS) is 23.7. The predicted molar refractivity (Wildman–Crippen MR) is 57.2 cm³/mol. The van der Waals surface area contributed by atoms with E-state index in [-0.39, 0.29) is 0 Å². The van der Waals surface area contributed by atoms with Gasteiger partial charge in [-0.1, -0.05) is 19.3 Å². The van der Waals surface area contributed by atoms with Gasteiger partial charge in [-0.15, -0.1) is 0 Å². The smallest absolute Gasteiger partial charge is 0.149 e. The molecule has 0 aromatic heterocycles.